The van der Waals surface area contributed by atoms with Crippen molar-refractivity contribution in [2.75, 3.05) is 0 Å². The van der Waals surface area contributed by atoms with Gasteiger partial charge in [-0.3, -0.25) is 5.43 Å². The van der Waals surface area contributed by atoms with Crippen LogP contribution in [0.2, 0.25) is 0 Å². The van der Waals surface area contributed by atoms with E-state index in [1.807, 2.05) is 0 Å². The number of hydrogen-bond donors (Lipinski definition) is 2. The second-order valence-electron chi connectivity index (χ2n) is 12.7. The SMILES string of the molecule is CC(C)CCC[C@@H](C)[C@H]1CC[C@H]2[C@@H]3/C(=N/NC(N)=S)C=C4C[C@@H](Cl)CC[C@]4(C)[C@H]3CC[C@]12C. The fraction of sp³-hybridized carbons (Fsp3) is 0.857. The highest BCUT2D eigenvalue weighted by atomic mass is 35.5. The molecule has 0 aliphatic heterocycles. The molecule has 5 heteroatoms. The van der Waals surface area contributed by atoms with Crippen LogP contribution in [0, 0.1) is 46.3 Å². The van der Waals surface area contributed by atoms with Crippen LogP contribution in [-0.2, 0) is 0 Å². The first-order valence-electron chi connectivity index (χ1n) is 13.5. The Hall–Kier alpha value is -0.610. The number of fused-ring (bicyclic) bond motifs is 5. The Labute approximate surface area is 212 Å². The lowest BCUT2D eigenvalue weighted by molar-refractivity contribution is -0.0213. The third-order valence-corrected chi connectivity index (χ3v) is 10.9. The summed E-state index contributed by atoms with van der Waals surface area (Å²) in [6, 6.07) is 0. The summed E-state index contributed by atoms with van der Waals surface area (Å²) in [5, 5.41) is 5.33. The lowest BCUT2D eigenvalue weighted by Gasteiger charge is -2.58. The van der Waals surface area contributed by atoms with Crippen LogP contribution in [0.3, 0.4) is 0 Å². The van der Waals surface area contributed by atoms with Crippen molar-refractivity contribution < 1.29 is 0 Å². The molecular weight excluding hydrogens is 446 g/mol. The number of hydrazone groups is 1. The van der Waals surface area contributed by atoms with Crippen LogP contribution in [-0.4, -0.2) is 16.2 Å². The molecule has 4 aliphatic rings. The van der Waals surface area contributed by atoms with Gasteiger partial charge in [-0.2, -0.15) is 5.10 Å². The summed E-state index contributed by atoms with van der Waals surface area (Å²) in [6.07, 6.45) is 15.2. The molecule has 0 heterocycles. The zero-order valence-electron chi connectivity index (χ0n) is 21.5. The molecule has 4 rings (SSSR count). The maximum Gasteiger partial charge on any atom is 0.184 e. The zero-order valence-corrected chi connectivity index (χ0v) is 23.1. The first-order valence-corrected chi connectivity index (χ1v) is 14.4. The normalized spacial score (nSPS) is 42.3. The molecule has 0 radical (unpaired) electrons. The van der Waals surface area contributed by atoms with Crippen LogP contribution in [0.15, 0.2) is 16.8 Å². The van der Waals surface area contributed by atoms with Gasteiger partial charge in [0.25, 0.3) is 0 Å². The Morgan fingerprint density at radius 3 is 2.61 bits per heavy atom. The van der Waals surface area contributed by atoms with Gasteiger partial charge in [0.1, 0.15) is 0 Å². The highest BCUT2D eigenvalue weighted by Gasteiger charge is 2.60. The van der Waals surface area contributed by atoms with Gasteiger partial charge >= 0.3 is 0 Å². The predicted octanol–water partition coefficient (Wildman–Crippen LogP) is 7.43. The molecular formula is C28H46ClN3S. The van der Waals surface area contributed by atoms with Crippen LogP contribution in [0.25, 0.3) is 0 Å². The highest BCUT2D eigenvalue weighted by molar-refractivity contribution is 7.80. The molecule has 33 heavy (non-hydrogen) atoms. The van der Waals surface area contributed by atoms with E-state index in [-0.39, 0.29) is 15.9 Å². The van der Waals surface area contributed by atoms with Crippen LogP contribution in [0.4, 0.5) is 0 Å². The maximum atomic E-state index is 6.64. The van der Waals surface area contributed by atoms with E-state index in [0.29, 0.717) is 23.2 Å². The highest BCUT2D eigenvalue weighted by Crippen LogP contribution is 2.67. The third-order valence-electron chi connectivity index (χ3n) is 10.4. The third kappa shape index (κ3) is 4.77. The quantitative estimate of drug-likeness (QED) is 0.230. The summed E-state index contributed by atoms with van der Waals surface area (Å²) in [5.41, 5.74) is 12.1. The van der Waals surface area contributed by atoms with E-state index in [4.69, 9.17) is 34.7 Å². The minimum atomic E-state index is 0.252. The average Bonchev–Trinajstić information content (AvgIpc) is 3.09. The molecule has 0 aromatic rings. The minimum absolute atomic E-state index is 0.252. The molecule has 0 amide bonds. The smallest absolute Gasteiger partial charge is 0.184 e. The number of nitrogens with one attached hydrogen (secondary N) is 1. The van der Waals surface area contributed by atoms with Crippen LogP contribution < -0.4 is 11.2 Å². The molecule has 0 aromatic heterocycles. The summed E-state index contributed by atoms with van der Waals surface area (Å²) in [7, 11) is 0. The van der Waals surface area contributed by atoms with E-state index in [0.717, 1.165) is 30.6 Å². The molecule has 0 aromatic carbocycles. The summed E-state index contributed by atoms with van der Waals surface area (Å²) < 4.78 is 0. The number of allylic oxidation sites excluding steroid dienone is 2. The van der Waals surface area contributed by atoms with E-state index in [9.17, 15) is 0 Å². The molecule has 0 saturated heterocycles. The number of rotatable bonds is 6. The van der Waals surface area contributed by atoms with E-state index in [2.05, 4.69) is 46.1 Å². The largest absolute Gasteiger partial charge is 0.375 e. The number of nitrogens with two attached hydrogens (primary N) is 1. The molecule has 3 N–H and O–H groups in total. The standard InChI is InChI=1S/C28H46ClN3S/c1-17(2)7-6-8-18(3)21-9-10-22-25-23(12-14-28(21,22)5)27(4)13-11-20(29)15-19(27)16-24(25)31-32-26(30)33/h16-18,20-23,25H,6-15H2,1-5H3,(H3,30,32,33)/b31-24+/t18-,20+,21-,22+,23+,25+,27+,28-/m1/s1. The lowest BCUT2D eigenvalue weighted by atomic mass is 9.46. The fourth-order valence-corrected chi connectivity index (χ4v) is 8.95. The Balaban J connectivity index is 1.63. The Bertz CT molecular complexity index is 807. The number of thiocarbonyl (C=S) groups is 1. The second-order valence-corrected chi connectivity index (χ2v) is 13.8. The van der Waals surface area contributed by atoms with Crippen molar-refractivity contribution in [3.63, 3.8) is 0 Å². The summed E-state index contributed by atoms with van der Waals surface area (Å²) >= 11 is 11.7. The molecule has 3 saturated carbocycles. The molecule has 0 unspecified atom stereocenters. The van der Waals surface area contributed by atoms with Crippen molar-refractivity contribution >= 4 is 34.6 Å². The van der Waals surface area contributed by atoms with Gasteiger partial charge in [0.2, 0.25) is 0 Å². The van der Waals surface area contributed by atoms with Gasteiger partial charge in [0.05, 0.1) is 5.71 Å². The molecule has 3 nitrogen and oxygen atoms in total. The van der Waals surface area contributed by atoms with Crippen LogP contribution >= 0.6 is 23.8 Å². The van der Waals surface area contributed by atoms with Crippen molar-refractivity contribution in [2.24, 2.45) is 57.2 Å². The van der Waals surface area contributed by atoms with E-state index in [1.54, 1.807) is 0 Å². The Morgan fingerprint density at radius 2 is 1.91 bits per heavy atom. The molecule has 3 fully saturated rings. The Morgan fingerprint density at radius 1 is 1.15 bits per heavy atom. The topological polar surface area (TPSA) is 50.4 Å². The van der Waals surface area contributed by atoms with Gasteiger partial charge in [-0.1, -0.05) is 59.5 Å². The minimum Gasteiger partial charge on any atom is -0.375 e. The monoisotopic (exact) mass is 491 g/mol. The van der Waals surface area contributed by atoms with Crippen molar-refractivity contribution in [3.05, 3.63) is 11.6 Å². The predicted molar refractivity (Wildman–Crippen MR) is 145 cm³/mol. The van der Waals surface area contributed by atoms with Crippen molar-refractivity contribution in [1.29, 1.82) is 0 Å². The lowest BCUT2D eigenvalue weighted by Crippen LogP contribution is -2.54. The molecule has 0 spiro atoms. The number of hydrogen-bond acceptors (Lipinski definition) is 2. The van der Waals surface area contributed by atoms with Crippen molar-refractivity contribution in [2.45, 2.75) is 104 Å². The zero-order chi connectivity index (χ0) is 24.0. The van der Waals surface area contributed by atoms with Crippen molar-refractivity contribution in [3.8, 4) is 0 Å². The average molecular weight is 492 g/mol. The molecule has 4 aliphatic carbocycles. The van der Waals surface area contributed by atoms with E-state index >= 15 is 0 Å². The summed E-state index contributed by atoms with van der Waals surface area (Å²) in [6.45, 7) is 12.4. The van der Waals surface area contributed by atoms with E-state index < -0.39 is 0 Å². The van der Waals surface area contributed by atoms with Crippen molar-refractivity contribution in [1.82, 2.24) is 5.43 Å². The Kier molecular flexibility index (Phi) is 7.57. The van der Waals surface area contributed by atoms with Crippen LogP contribution in [0.1, 0.15) is 98.8 Å². The van der Waals surface area contributed by atoms with Gasteiger partial charge in [-0.05, 0) is 104 Å². The van der Waals surface area contributed by atoms with E-state index in [1.165, 1.54) is 62.7 Å². The first kappa shape index (κ1) is 25.5. The number of alkyl halides is 1. The maximum absolute atomic E-state index is 6.64. The van der Waals surface area contributed by atoms with Crippen LogP contribution in [0.5, 0.6) is 0 Å². The molecule has 186 valence electrons. The van der Waals surface area contributed by atoms with Gasteiger partial charge in [0.15, 0.2) is 5.11 Å². The number of nitrogens with zero attached hydrogens (tertiary/aromatic N) is 1. The fourth-order valence-electron chi connectivity index (χ4n) is 8.63. The molecule has 0 bridgehead atoms. The summed E-state index contributed by atoms with van der Waals surface area (Å²) in [4.78, 5) is 0. The molecule has 8 atom stereocenters. The van der Waals surface area contributed by atoms with Gasteiger partial charge < -0.3 is 5.73 Å². The van der Waals surface area contributed by atoms with Gasteiger partial charge in [-0.25, -0.2) is 0 Å². The summed E-state index contributed by atoms with van der Waals surface area (Å²) in [5.74, 6) is 4.30. The second kappa shape index (κ2) is 9.80. The van der Waals surface area contributed by atoms with Gasteiger partial charge in [-0.15, -0.1) is 11.6 Å². The number of halogens is 1. The first-order chi connectivity index (χ1) is 15.6. The van der Waals surface area contributed by atoms with Gasteiger partial charge in [0, 0.05) is 11.3 Å².